The summed E-state index contributed by atoms with van der Waals surface area (Å²) in [6.07, 6.45) is 0. The van der Waals surface area contributed by atoms with Gasteiger partial charge >= 0.3 is 11.9 Å². The van der Waals surface area contributed by atoms with Crippen LogP contribution in [0, 0.1) is 0 Å². The van der Waals surface area contributed by atoms with Gasteiger partial charge in [-0.3, -0.25) is 18.7 Å². The molecule has 20 nitrogen and oxygen atoms in total. The van der Waals surface area contributed by atoms with E-state index >= 15 is 0 Å². The van der Waals surface area contributed by atoms with E-state index in [9.17, 15) is 65.5 Å². The molecule has 0 spiro atoms. The van der Waals surface area contributed by atoms with E-state index in [4.69, 9.17) is 0 Å². The van der Waals surface area contributed by atoms with Crippen molar-refractivity contribution in [3.05, 3.63) is 144 Å². The number of phenols is 2. The van der Waals surface area contributed by atoms with E-state index in [1.165, 1.54) is 97.1 Å². The van der Waals surface area contributed by atoms with E-state index in [1.54, 1.807) is 0 Å². The van der Waals surface area contributed by atoms with Gasteiger partial charge < -0.3 is 31.1 Å². The molecule has 0 bridgehead atoms. The summed E-state index contributed by atoms with van der Waals surface area (Å²) in [7, 11) is -10.0. The third-order valence-electron chi connectivity index (χ3n) is 9.30. The van der Waals surface area contributed by atoms with Gasteiger partial charge in [-0.25, -0.2) is 9.59 Å². The number of carbonyl (C=O) groups is 4. The Morgan fingerprint density at radius 3 is 1.17 bits per heavy atom. The minimum absolute atomic E-state index is 0.0146. The first kappa shape index (κ1) is 43.6. The second kappa shape index (κ2) is 17.1. The first-order valence-corrected chi connectivity index (χ1v) is 20.9. The number of carbonyl (C=O) groups excluding carboxylic acids is 2. The molecule has 0 fully saturated rings. The van der Waals surface area contributed by atoms with E-state index in [1.807, 2.05) is 0 Å². The molecule has 0 atom stereocenters. The molecule has 322 valence electrons. The normalized spacial score (nSPS) is 11.9. The van der Waals surface area contributed by atoms with Crippen LogP contribution in [0.25, 0.3) is 21.5 Å². The average Bonchev–Trinajstić information content (AvgIpc) is 3.25. The summed E-state index contributed by atoms with van der Waals surface area (Å²) in [6, 6.07) is 25.9. The van der Waals surface area contributed by atoms with Gasteiger partial charge in [0.2, 0.25) is 0 Å². The van der Waals surface area contributed by atoms with Crippen LogP contribution in [0.15, 0.2) is 152 Å². The lowest BCUT2D eigenvalue weighted by atomic mass is 10.1. The minimum Gasteiger partial charge on any atom is -0.505 e. The Kier molecular flexibility index (Phi) is 11.7. The number of aromatic carboxylic acids is 2. The number of phenolic OH excluding ortho intramolecular Hbond substituents is 2. The summed E-state index contributed by atoms with van der Waals surface area (Å²) in [4.78, 5) is 47.4. The van der Waals surface area contributed by atoms with Crippen LogP contribution in [-0.2, 0) is 20.2 Å². The largest absolute Gasteiger partial charge is 0.505 e. The Morgan fingerprint density at radius 2 is 0.828 bits per heavy atom. The van der Waals surface area contributed by atoms with E-state index in [-0.39, 0.29) is 66.5 Å². The first-order chi connectivity index (χ1) is 30.3. The maximum atomic E-state index is 13.2. The topological polar surface area (TPSA) is 331 Å². The van der Waals surface area contributed by atoms with Crippen molar-refractivity contribution in [2.24, 2.45) is 20.5 Å². The van der Waals surface area contributed by atoms with Crippen LogP contribution in [0.3, 0.4) is 0 Å². The number of anilines is 2. The van der Waals surface area contributed by atoms with Crippen LogP contribution < -0.4 is 10.6 Å². The van der Waals surface area contributed by atoms with Crippen molar-refractivity contribution in [3.8, 4) is 11.5 Å². The highest BCUT2D eigenvalue weighted by Crippen LogP contribution is 2.43. The predicted octanol–water partition coefficient (Wildman–Crippen LogP) is 8.63. The lowest BCUT2D eigenvalue weighted by molar-refractivity contribution is 0.0686. The molecular formula is C42H28N6O14S2. The number of amides is 2. The molecule has 0 aliphatic carbocycles. The Labute approximate surface area is 360 Å². The fourth-order valence-electron chi connectivity index (χ4n) is 6.24. The maximum Gasteiger partial charge on any atom is 0.335 e. The number of azo groups is 2. The fourth-order valence-corrected chi connectivity index (χ4v) is 7.56. The number of fused-ring (bicyclic) bond motifs is 2. The summed E-state index contributed by atoms with van der Waals surface area (Å²) in [6.45, 7) is 0. The summed E-state index contributed by atoms with van der Waals surface area (Å²) in [5.74, 6) is -5.18. The van der Waals surface area contributed by atoms with Crippen LogP contribution in [0.1, 0.15) is 41.4 Å². The zero-order valence-electron chi connectivity index (χ0n) is 32.1. The van der Waals surface area contributed by atoms with Crippen molar-refractivity contribution >= 4 is 99.7 Å². The molecule has 0 saturated heterocycles. The Balaban J connectivity index is 1.08. The molecule has 0 heterocycles. The summed E-state index contributed by atoms with van der Waals surface area (Å²) in [5.41, 5.74) is -1.02. The molecule has 7 rings (SSSR count). The molecule has 0 aliphatic rings. The van der Waals surface area contributed by atoms with Crippen molar-refractivity contribution in [3.63, 3.8) is 0 Å². The minimum atomic E-state index is -5.01. The molecule has 7 aromatic carbocycles. The van der Waals surface area contributed by atoms with Gasteiger partial charge in [0.15, 0.2) is 11.5 Å². The van der Waals surface area contributed by atoms with Crippen molar-refractivity contribution in [1.29, 1.82) is 0 Å². The second-order valence-corrected chi connectivity index (χ2v) is 16.3. The van der Waals surface area contributed by atoms with Crippen LogP contribution in [0.5, 0.6) is 11.5 Å². The number of rotatable bonds is 12. The van der Waals surface area contributed by atoms with E-state index in [0.717, 1.165) is 24.3 Å². The van der Waals surface area contributed by atoms with E-state index < -0.39 is 76.7 Å². The zero-order valence-corrected chi connectivity index (χ0v) is 33.7. The van der Waals surface area contributed by atoms with E-state index in [0.29, 0.717) is 0 Å². The fraction of sp³-hybridized carbons (Fsp3) is 0. The lowest BCUT2D eigenvalue weighted by Gasteiger charge is -2.12. The smallest absolute Gasteiger partial charge is 0.335 e. The monoisotopic (exact) mass is 904 g/mol. The number of nitrogens with zero attached hydrogens (tertiary/aromatic N) is 4. The molecule has 8 N–H and O–H groups in total. The zero-order chi connectivity index (χ0) is 46.1. The number of hydrogen-bond acceptors (Lipinski definition) is 14. The highest BCUT2D eigenvalue weighted by Gasteiger charge is 2.24. The van der Waals surface area contributed by atoms with Crippen molar-refractivity contribution in [1.82, 2.24) is 0 Å². The molecule has 0 radical (unpaired) electrons. The molecule has 7 aromatic rings. The molecule has 0 aliphatic heterocycles. The van der Waals surface area contributed by atoms with Gasteiger partial charge in [-0.2, -0.15) is 27.1 Å². The molecule has 22 heteroatoms. The quantitative estimate of drug-likeness (QED) is 0.0420. The number of benzene rings is 7. The third kappa shape index (κ3) is 9.39. The summed E-state index contributed by atoms with van der Waals surface area (Å²) < 4.78 is 69.3. The van der Waals surface area contributed by atoms with Gasteiger partial charge in [-0.1, -0.05) is 12.1 Å². The van der Waals surface area contributed by atoms with Crippen LogP contribution >= 0.6 is 0 Å². The van der Waals surface area contributed by atoms with Crippen LogP contribution in [0.4, 0.5) is 34.1 Å². The number of hydrogen-bond donors (Lipinski definition) is 8. The number of nitrogens with one attached hydrogen (secondary N) is 2. The highest BCUT2D eigenvalue weighted by atomic mass is 32.2. The van der Waals surface area contributed by atoms with Gasteiger partial charge in [0, 0.05) is 33.3 Å². The lowest BCUT2D eigenvalue weighted by Crippen LogP contribution is -2.14. The van der Waals surface area contributed by atoms with Gasteiger partial charge in [0.1, 0.15) is 21.2 Å². The van der Waals surface area contributed by atoms with Crippen molar-refractivity contribution < 1.29 is 65.5 Å². The summed E-state index contributed by atoms with van der Waals surface area (Å²) in [5, 5.41) is 61.2. The number of carboxylic acids is 2. The van der Waals surface area contributed by atoms with Crippen molar-refractivity contribution in [2.75, 3.05) is 10.6 Å². The molecular weight excluding hydrogens is 877 g/mol. The van der Waals surface area contributed by atoms with Gasteiger partial charge in [-0.15, -0.1) is 10.2 Å². The van der Waals surface area contributed by atoms with Crippen molar-refractivity contribution in [2.45, 2.75) is 9.79 Å². The number of carboxylic acid groups (broad SMARTS) is 2. The Hall–Kier alpha value is -8.44. The molecule has 2 amide bonds. The third-order valence-corrected chi connectivity index (χ3v) is 11.0. The molecule has 0 saturated carbocycles. The highest BCUT2D eigenvalue weighted by molar-refractivity contribution is 7.86. The van der Waals surface area contributed by atoms with Crippen LogP contribution in [0.2, 0.25) is 0 Å². The van der Waals surface area contributed by atoms with Gasteiger partial charge in [0.05, 0.1) is 22.5 Å². The summed E-state index contributed by atoms with van der Waals surface area (Å²) >= 11 is 0. The maximum absolute atomic E-state index is 13.2. The Bertz CT molecular complexity index is 3190. The SMILES string of the molecule is O=C(O)c1cccc(N=Nc2c(S(=O)(=O)O)cc3cc(NC(=O)c4ccc(C(=O)Nc5ccc6c(O)c(N=Nc7cccc(C(=O)O)c7)c(S(=O)(=O)O)cc6c5)cc4)ccc3c2O)c1. The predicted molar refractivity (Wildman–Crippen MR) is 228 cm³/mol. The number of aromatic hydroxyl groups is 2. The van der Waals surface area contributed by atoms with Gasteiger partial charge in [0.25, 0.3) is 32.1 Å². The Morgan fingerprint density at radius 1 is 0.453 bits per heavy atom. The average molecular weight is 905 g/mol. The first-order valence-electron chi connectivity index (χ1n) is 18.0. The molecule has 0 aromatic heterocycles. The van der Waals surface area contributed by atoms with Gasteiger partial charge in [-0.05, 0) is 120 Å². The van der Waals surface area contributed by atoms with Crippen LogP contribution in [-0.4, -0.2) is 70.1 Å². The molecule has 0 unspecified atom stereocenters. The molecule has 64 heavy (non-hydrogen) atoms. The standard InChI is InChI=1S/C42H28N6O14S2/c49-37-31-13-11-27(17-25(31)19-33(63(57,58)59)35(37)47-45-29-5-1-3-23(15-29)41(53)54)43-39(51)21-7-9-22(10-8-21)40(52)44-28-12-14-32-26(18-28)20-34(64(60,61)62)36(38(32)50)48-46-30-6-2-4-24(16-30)42(55)56/h1-20,49-50H,(H,43,51)(H,44,52)(H,53,54)(H,55,56)(H,57,58,59)(H,60,61,62). The second-order valence-electron chi connectivity index (χ2n) is 13.6. The van der Waals surface area contributed by atoms with E-state index in [2.05, 4.69) is 31.1 Å².